The maximum Gasteiger partial charge on any atom is 0.129 e. The van der Waals surface area contributed by atoms with E-state index in [0.29, 0.717) is 10.6 Å². The van der Waals surface area contributed by atoms with Gasteiger partial charge in [0.25, 0.3) is 0 Å². The summed E-state index contributed by atoms with van der Waals surface area (Å²) in [6.45, 7) is 0. The molecule has 3 nitrogen and oxygen atoms in total. The molecule has 0 radical (unpaired) electrons. The molecule has 3 aromatic heterocycles. The first-order valence-electron chi connectivity index (χ1n) is 5.58. The number of nitrogens with two attached hydrogens (primary N) is 1. The lowest BCUT2D eigenvalue weighted by atomic mass is 10.1. The Labute approximate surface area is 118 Å². The third-order valence-corrected chi connectivity index (χ3v) is 4.90. The van der Waals surface area contributed by atoms with Gasteiger partial charge in [-0.25, -0.2) is 0 Å². The molecule has 3 aromatic rings. The minimum Gasteiger partial charge on any atom is -0.396 e. The molecule has 5 heteroatoms. The molecule has 2 N–H and O–H groups in total. The normalized spacial score (nSPS) is 10.3. The second kappa shape index (κ2) is 4.84. The van der Waals surface area contributed by atoms with Gasteiger partial charge in [-0.1, -0.05) is 12.1 Å². The number of hydrogen-bond donors (Lipinski definition) is 1. The third-order valence-electron chi connectivity index (χ3n) is 2.74. The fourth-order valence-corrected chi connectivity index (χ4v) is 3.81. The van der Waals surface area contributed by atoms with Gasteiger partial charge in [0.05, 0.1) is 10.6 Å². The summed E-state index contributed by atoms with van der Waals surface area (Å²) in [5, 5.41) is 11.2. The summed E-state index contributed by atoms with van der Waals surface area (Å²) in [5.41, 5.74) is 8.52. The van der Waals surface area contributed by atoms with Gasteiger partial charge in [-0.3, -0.25) is 4.98 Å². The van der Waals surface area contributed by atoms with Crippen molar-refractivity contribution in [3.8, 4) is 27.0 Å². The van der Waals surface area contributed by atoms with Crippen LogP contribution < -0.4 is 5.73 Å². The Bertz CT molecular complexity index is 737. The van der Waals surface area contributed by atoms with E-state index in [1.165, 1.54) is 11.3 Å². The van der Waals surface area contributed by atoms with Gasteiger partial charge in [-0.2, -0.15) is 5.26 Å². The maximum atomic E-state index is 9.17. The average Bonchev–Trinajstić information content (AvgIpc) is 3.07. The van der Waals surface area contributed by atoms with E-state index in [1.54, 1.807) is 23.7 Å². The lowest BCUT2D eigenvalue weighted by Gasteiger charge is -2.03. The van der Waals surface area contributed by atoms with Crippen molar-refractivity contribution >= 4 is 28.4 Å². The summed E-state index contributed by atoms with van der Waals surface area (Å²) in [4.78, 5) is 6.85. The molecule has 0 spiro atoms. The minimum atomic E-state index is 0.545. The highest BCUT2D eigenvalue weighted by Gasteiger charge is 2.19. The molecule has 19 heavy (non-hydrogen) atoms. The zero-order valence-corrected chi connectivity index (χ0v) is 11.5. The van der Waals surface area contributed by atoms with Crippen molar-refractivity contribution < 1.29 is 0 Å². The highest BCUT2D eigenvalue weighted by atomic mass is 32.1. The molecule has 0 bridgehead atoms. The Morgan fingerprint density at radius 1 is 1.26 bits per heavy atom. The number of aromatic nitrogens is 1. The van der Waals surface area contributed by atoms with Gasteiger partial charge in [0, 0.05) is 28.4 Å². The molecule has 0 fully saturated rings. The second-order valence-corrected chi connectivity index (χ2v) is 5.85. The summed E-state index contributed by atoms with van der Waals surface area (Å²) in [6.07, 6.45) is 3.50. The molecule has 0 aliphatic rings. The predicted octanol–water partition coefficient (Wildman–Crippen LogP) is 3.99. The molecule has 0 unspecified atom stereocenters. The number of hydrogen-bond acceptors (Lipinski definition) is 5. The number of nitrogens with zero attached hydrogens (tertiary/aromatic N) is 2. The van der Waals surface area contributed by atoms with Crippen molar-refractivity contribution in [2.75, 3.05) is 5.73 Å². The van der Waals surface area contributed by atoms with Gasteiger partial charge >= 0.3 is 0 Å². The zero-order chi connectivity index (χ0) is 13.2. The third kappa shape index (κ3) is 2.01. The van der Waals surface area contributed by atoms with Crippen LogP contribution in [0.5, 0.6) is 0 Å². The second-order valence-electron chi connectivity index (χ2n) is 3.88. The molecule has 92 valence electrons. The van der Waals surface area contributed by atoms with Crippen LogP contribution in [0.4, 0.5) is 5.69 Å². The van der Waals surface area contributed by atoms with Crippen LogP contribution in [0, 0.1) is 11.3 Å². The topological polar surface area (TPSA) is 62.7 Å². The van der Waals surface area contributed by atoms with Crippen LogP contribution in [0.15, 0.2) is 42.0 Å². The van der Waals surface area contributed by atoms with Crippen LogP contribution >= 0.6 is 22.7 Å². The van der Waals surface area contributed by atoms with E-state index in [1.807, 2.05) is 29.6 Å². The monoisotopic (exact) mass is 283 g/mol. The molecular formula is C14H9N3S2. The van der Waals surface area contributed by atoms with Crippen molar-refractivity contribution in [2.24, 2.45) is 0 Å². The summed E-state index contributed by atoms with van der Waals surface area (Å²) >= 11 is 3.08. The first-order valence-corrected chi connectivity index (χ1v) is 7.27. The molecule has 3 rings (SSSR count). The van der Waals surface area contributed by atoms with Crippen LogP contribution in [0.3, 0.4) is 0 Å². The van der Waals surface area contributed by atoms with Gasteiger partial charge in [-0.15, -0.1) is 22.7 Å². The summed E-state index contributed by atoms with van der Waals surface area (Å²) < 4.78 is 0. The Balaban J connectivity index is 2.29. The lowest BCUT2D eigenvalue weighted by Crippen LogP contribution is -1.89. The fraction of sp³-hybridized carbons (Fsp3) is 0. The van der Waals surface area contributed by atoms with E-state index in [2.05, 4.69) is 11.1 Å². The van der Waals surface area contributed by atoms with Crippen molar-refractivity contribution in [1.82, 2.24) is 4.98 Å². The Kier molecular flexibility index (Phi) is 3.03. The van der Waals surface area contributed by atoms with Gasteiger partial charge < -0.3 is 5.73 Å². The van der Waals surface area contributed by atoms with Crippen LogP contribution in [0.2, 0.25) is 0 Å². The van der Waals surface area contributed by atoms with E-state index in [-0.39, 0.29) is 0 Å². The van der Waals surface area contributed by atoms with Gasteiger partial charge in [0.2, 0.25) is 0 Å². The number of rotatable bonds is 2. The quantitative estimate of drug-likeness (QED) is 0.773. The smallest absolute Gasteiger partial charge is 0.129 e. The van der Waals surface area contributed by atoms with Gasteiger partial charge in [-0.05, 0) is 17.5 Å². The first-order chi connectivity index (χ1) is 9.31. The first kappa shape index (κ1) is 11.9. The molecular weight excluding hydrogens is 274 g/mol. The standard InChI is InChI=1S/C14H9N3S2/c15-7-11-13(16)12(9-3-1-5-17-8-9)14(19-11)10-4-2-6-18-10/h1-6,8H,16H2. The van der Waals surface area contributed by atoms with Crippen molar-refractivity contribution in [2.45, 2.75) is 0 Å². The van der Waals surface area contributed by atoms with Crippen LogP contribution in [0.25, 0.3) is 20.9 Å². The maximum absolute atomic E-state index is 9.17. The highest BCUT2D eigenvalue weighted by molar-refractivity contribution is 7.22. The molecule has 0 aliphatic carbocycles. The van der Waals surface area contributed by atoms with E-state index in [0.717, 1.165) is 20.9 Å². The van der Waals surface area contributed by atoms with Crippen LogP contribution in [-0.2, 0) is 0 Å². The van der Waals surface area contributed by atoms with Crippen molar-refractivity contribution in [3.05, 3.63) is 46.9 Å². The minimum absolute atomic E-state index is 0.545. The van der Waals surface area contributed by atoms with E-state index in [4.69, 9.17) is 11.0 Å². The average molecular weight is 283 g/mol. The molecule has 0 aromatic carbocycles. The molecule has 0 amide bonds. The fourth-order valence-electron chi connectivity index (χ4n) is 1.91. The number of thiophene rings is 2. The molecule has 0 saturated heterocycles. The van der Waals surface area contributed by atoms with Crippen molar-refractivity contribution in [1.29, 1.82) is 5.26 Å². The Hall–Kier alpha value is -2.16. The Morgan fingerprint density at radius 2 is 2.16 bits per heavy atom. The van der Waals surface area contributed by atoms with Crippen LogP contribution in [0.1, 0.15) is 4.88 Å². The van der Waals surface area contributed by atoms with E-state index in [9.17, 15) is 0 Å². The molecule has 0 saturated carbocycles. The number of nitriles is 1. The summed E-state index contributed by atoms with van der Waals surface area (Å²) in [6, 6.07) is 10.0. The number of nitrogen functional groups attached to an aromatic ring is 1. The predicted molar refractivity (Wildman–Crippen MR) is 80.0 cm³/mol. The molecule has 0 aliphatic heterocycles. The van der Waals surface area contributed by atoms with E-state index >= 15 is 0 Å². The SMILES string of the molecule is N#Cc1sc(-c2cccs2)c(-c2cccnc2)c1N. The highest BCUT2D eigenvalue weighted by Crippen LogP contribution is 2.45. The largest absolute Gasteiger partial charge is 0.396 e. The van der Waals surface area contributed by atoms with E-state index < -0.39 is 0 Å². The summed E-state index contributed by atoms with van der Waals surface area (Å²) in [5.74, 6) is 0. The van der Waals surface area contributed by atoms with Crippen LogP contribution in [-0.4, -0.2) is 4.98 Å². The molecule has 0 atom stereocenters. The number of pyridine rings is 1. The Morgan fingerprint density at radius 3 is 2.79 bits per heavy atom. The zero-order valence-electron chi connectivity index (χ0n) is 9.83. The van der Waals surface area contributed by atoms with Gasteiger partial charge in [0.1, 0.15) is 10.9 Å². The van der Waals surface area contributed by atoms with Gasteiger partial charge in [0.15, 0.2) is 0 Å². The summed E-state index contributed by atoms with van der Waals surface area (Å²) in [7, 11) is 0. The molecule has 3 heterocycles. The number of anilines is 1. The lowest BCUT2D eigenvalue weighted by molar-refractivity contribution is 1.33. The van der Waals surface area contributed by atoms with Crippen molar-refractivity contribution in [3.63, 3.8) is 0 Å².